The molecule has 0 spiro atoms. The first kappa shape index (κ1) is 17.6. The van der Waals surface area contributed by atoms with E-state index < -0.39 is 12.1 Å². The van der Waals surface area contributed by atoms with Gasteiger partial charge in [0.15, 0.2) is 5.78 Å². The van der Waals surface area contributed by atoms with Crippen molar-refractivity contribution in [3.63, 3.8) is 0 Å². The van der Waals surface area contributed by atoms with Crippen LogP contribution in [0.5, 0.6) is 0 Å². The third-order valence-corrected chi connectivity index (χ3v) is 3.97. The molecule has 1 fully saturated rings. The molecular weight excluding hydrogens is 264 g/mol. The summed E-state index contributed by atoms with van der Waals surface area (Å²) in [6.07, 6.45) is 4.69. The molecule has 1 heterocycles. The quantitative estimate of drug-likeness (QED) is 0.809. The number of nitrogens with two attached hydrogens (primary N) is 1. The summed E-state index contributed by atoms with van der Waals surface area (Å²) in [5.74, 6) is -0.0671. The lowest BCUT2D eigenvalue weighted by molar-refractivity contribution is -0.140. The molecule has 1 amide bonds. The molecule has 0 unspecified atom stereocenters. The van der Waals surface area contributed by atoms with Gasteiger partial charge >= 0.3 is 0 Å². The number of amides is 1. The summed E-state index contributed by atoms with van der Waals surface area (Å²) in [4.78, 5) is 26.3. The Labute approximate surface area is 128 Å². The van der Waals surface area contributed by atoms with E-state index in [4.69, 9.17) is 5.73 Å². The zero-order valence-corrected chi connectivity index (χ0v) is 13.8. The second-order valence-electron chi connectivity index (χ2n) is 7.09. The van der Waals surface area contributed by atoms with Crippen molar-refractivity contribution in [2.24, 2.45) is 17.1 Å². The maximum atomic E-state index is 12.6. The van der Waals surface area contributed by atoms with Crippen LogP contribution in [0.3, 0.4) is 0 Å². The van der Waals surface area contributed by atoms with Crippen LogP contribution in [0, 0.1) is 11.3 Å². The van der Waals surface area contributed by atoms with Crippen LogP contribution in [-0.2, 0) is 9.59 Å². The molecule has 2 N–H and O–H groups in total. The van der Waals surface area contributed by atoms with E-state index in [-0.39, 0.29) is 23.0 Å². The fourth-order valence-electron chi connectivity index (χ4n) is 2.62. The van der Waals surface area contributed by atoms with Gasteiger partial charge in [0.1, 0.15) is 0 Å². The molecule has 0 saturated carbocycles. The Kier molecular flexibility index (Phi) is 5.51. The van der Waals surface area contributed by atoms with Crippen LogP contribution in [0.2, 0.25) is 0 Å². The Balaban J connectivity index is 2.96. The van der Waals surface area contributed by atoms with E-state index in [1.54, 1.807) is 11.8 Å². The zero-order valence-electron chi connectivity index (χ0n) is 13.8. The van der Waals surface area contributed by atoms with Gasteiger partial charge in [-0.25, -0.2) is 0 Å². The number of carbonyl (C=O) groups excluding carboxylic acids is 2. The third kappa shape index (κ3) is 4.27. The zero-order chi connectivity index (χ0) is 16.4. The lowest BCUT2D eigenvalue weighted by Crippen LogP contribution is -2.53. The Hall–Kier alpha value is -1.42. The van der Waals surface area contributed by atoms with Crippen molar-refractivity contribution in [2.75, 3.05) is 6.54 Å². The lowest BCUT2D eigenvalue weighted by atomic mass is 9.86. The summed E-state index contributed by atoms with van der Waals surface area (Å²) in [7, 11) is 0. The van der Waals surface area contributed by atoms with E-state index in [1.807, 2.05) is 39.8 Å². The van der Waals surface area contributed by atoms with E-state index in [0.717, 1.165) is 12.0 Å². The molecule has 0 bridgehead atoms. The predicted molar refractivity (Wildman–Crippen MR) is 85.7 cm³/mol. The molecule has 21 heavy (non-hydrogen) atoms. The van der Waals surface area contributed by atoms with Crippen molar-refractivity contribution in [3.05, 3.63) is 24.3 Å². The molecule has 0 aromatic carbocycles. The molecule has 118 valence electrons. The fourth-order valence-corrected chi connectivity index (χ4v) is 2.62. The first-order chi connectivity index (χ1) is 9.55. The van der Waals surface area contributed by atoms with Gasteiger partial charge in [0.25, 0.3) is 0 Å². The summed E-state index contributed by atoms with van der Waals surface area (Å²) >= 11 is 0. The second-order valence-corrected chi connectivity index (χ2v) is 7.09. The van der Waals surface area contributed by atoms with E-state index in [1.165, 1.54) is 0 Å². The molecule has 1 saturated heterocycles. The van der Waals surface area contributed by atoms with E-state index >= 15 is 0 Å². The molecule has 4 nitrogen and oxygen atoms in total. The number of likely N-dealkylation sites (tertiary alicyclic amines) is 1. The smallest absolute Gasteiger partial charge is 0.240 e. The average Bonchev–Trinajstić information content (AvgIpc) is 2.77. The molecule has 0 radical (unpaired) electrons. The Morgan fingerprint density at radius 2 is 1.90 bits per heavy atom. The van der Waals surface area contributed by atoms with Crippen LogP contribution in [0.1, 0.15) is 41.0 Å². The fraction of sp³-hybridized carbons (Fsp3) is 0.647. The Bertz CT molecular complexity index is 460. The molecule has 3 atom stereocenters. The molecule has 0 aromatic heterocycles. The first-order valence-electron chi connectivity index (χ1n) is 7.46. The summed E-state index contributed by atoms with van der Waals surface area (Å²) in [6.45, 7) is 13.7. The molecule has 1 rings (SSSR count). The largest absolute Gasteiger partial charge is 0.331 e. The minimum Gasteiger partial charge on any atom is -0.331 e. The molecule has 1 aliphatic rings. The van der Waals surface area contributed by atoms with Crippen molar-refractivity contribution in [3.8, 4) is 0 Å². The van der Waals surface area contributed by atoms with Gasteiger partial charge in [0, 0.05) is 12.5 Å². The molecule has 1 aliphatic heterocycles. The molecule has 4 heteroatoms. The van der Waals surface area contributed by atoms with Gasteiger partial charge in [-0.2, -0.15) is 0 Å². The number of hydrogen-bond donors (Lipinski definition) is 1. The number of Topliss-reactive ketones (excluding diaryl/α,β-unsaturated/α-hetero) is 1. The van der Waals surface area contributed by atoms with Crippen LogP contribution in [-0.4, -0.2) is 35.2 Å². The highest BCUT2D eigenvalue weighted by molar-refractivity contribution is 5.91. The third-order valence-electron chi connectivity index (χ3n) is 3.97. The number of hydrogen-bond acceptors (Lipinski definition) is 3. The van der Waals surface area contributed by atoms with E-state index in [2.05, 4.69) is 6.58 Å². The van der Waals surface area contributed by atoms with Gasteiger partial charge in [-0.15, -0.1) is 0 Å². The average molecular weight is 292 g/mol. The van der Waals surface area contributed by atoms with Gasteiger partial charge in [0.05, 0.1) is 12.1 Å². The number of allylic oxidation sites excluding steroid dienone is 2. The summed E-state index contributed by atoms with van der Waals surface area (Å²) in [6, 6.07) is -0.996. The molecule has 0 aliphatic carbocycles. The van der Waals surface area contributed by atoms with Gasteiger partial charge in [-0.1, -0.05) is 45.1 Å². The monoisotopic (exact) mass is 292 g/mol. The highest BCUT2D eigenvalue weighted by atomic mass is 16.2. The normalized spacial score (nSPS) is 24.4. The highest BCUT2D eigenvalue weighted by Gasteiger charge is 2.42. The van der Waals surface area contributed by atoms with Crippen molar-refractivity contribution >= 4 is 11.7 Å². The minimum absolute atomic E-state index is 0.0123. The van der Waals surface area contributed by atoms with Gasteiger partial charge in [0.2, 0.25) is 5.91 Å². The van der Waals surface area contributed by atoms with Crippen LogP contribution in [0.25, 0.3) is 0 Å². The van der Waals surface area contributed by atoms with Crippen LogP contribution in [0.4, 0.5) is 0 Å². The SMILES string of the molecule is C=C(C)/C=C/[C@H]1CCN(C(=O)[C@@H](N)C(C)(C)C)[C@@H]1C(C)=O. The second kappa shape index (κ2) is 6.56. The maximum Gasteiger partial charge on any atom is 0.240 e. The van der Waals surface area contributed by atoms with Crippen LogP contribution < -0.4 is 5.73 Å². The number of carbonyl (C=O) groups is 2. The maximum absolute atomic E-state index is 12.6. The van der Waals surface area contributed by atoms with Crippen LogP contribution >= 0.6 is 0 Å². The topological polar surface area (TPSA) is 63.4 Å². The van der Waals surface area contributed by atoms with Crippen LogP contribution in [0.15, 0.2) is 24.3 Å². The predicted octanol–water partition coefficient (Wildman–Crippen LogP) is 2.30. The molecular formula is C17H28N2O2. The molecule has 0 aromatic rings. The van der Waals surface area contributed by atoms with E-state index in [0.29, 0.717) is 6.54 Å². The minimum atomic E-state index is -0.594. The van der Waals surface area contributed by atoms with Crippen molar-refractivity contribution in [2.45, 2.75) is 53.1 Å². The first-order valence-corrected chi connectivity index (χ1v) is 7.46. The number of rotatable bonds is 4. The summed E-state index contributed by atoms with van der Waals surface area (Å²) in [5, 5.41) is 0. The summed E-state index contributed by atoms with van der Waals surface area (Å²) < 4.78 is 0. The van der Waals surface area contributed by atoms with Crippen molar-refractivity contribution in [1.82, 2.24) is 4.90 Å². The lowest BCUT2D eigenvalue weighted by Gasteiger charge is -2.33. The Morgan fingerprint density at radius 1 is 1.33 bits per heavy atom. The summed E-state index contributed by atoms with van der Waals surface area (Å²) in [5.41, 5.74) is 6.69. The van der Waals surface area contributed by atoms with Crippen molar-refractivity contribution < 1.29 is 9.59 Å². The number of ketones is 1. The van der Waals surface area contributed by atoms with E-state index in [9.17, 15) is 9.59 Å². The van der Waals surface area contributed by atoms with Gasteiger partial charge in [-0.3, -0.25) is 9.59 Å². The van der Waals surface area contributed by atoms with Gasteiger partial charge < -0.3 is 10.6 Å². The highest BCUT2D eigenvalue weighted by Crippen LogP contribution is 2.29. The Morgan fingerprint density at radius 3 is 2.33 bits per heavy atom. The number of nitrogens with zero attached hydrogens (tertiary/aromatic N) is 1. The van der Waals surface area contributed by atoms with Gasteiger partial charge in [-0.05, 0) is 25.7 Å². The van der Waals surface area contributed by atoms with Crippen molar-refractivity contribution in [1.29, 1.82) is 0 Å². The standard InChI is InChI=1S/C17H28N2O2/c1-11(2)7-8-13-9-10-19(14(13)12(3)20)16(21)15(18)17(4,5)6/h7-8,13-15H,1,9-10,18H2,2-6H3/b8-7+/t13-,14+,15+/m0/s1.